The molecule has 0 saturated heterocycles. The van der Waals surface area contributed by atoms with E-state index in [1.807, 2.05) is 25.1 Å². The number of hydrogen-bond donors (Lipinski definition) is 3. The van der Waals surface area contributed by atoms with Crippen molar-refractivity contribution < 1.29 is 10.2 Å². The van der Waals surface area contributed by atoms with Crippen LogP contribution in [0, 0.1) is 0 Å². The standard InChI is InChI=1S/C16H17NO2/c1-16(19,12-6-8-13(18)9-7-12)15-10-11-4-2-3-5-14(11)17-15/h2-9,15,17-19H,10H2,1H3. The summed E-state index contributed by atoms with van der Waals surface area (Å²) in [6.45, 7) is 1.81. The Labute approximate surface area is 112 Å². The van der Waals surface area contributed by atoms with Gasteiger partial charge >= 0.3 is 0 Å². The van der Waals surface area contributed by atoms with Crippen LogP contribution >= 0.6 is 0 Å². The molecule has 0 radical (unpaired) electrons. The third-order valence-corrected chi connectivity index (χ3v) is 3.90. The molecule has 0 spiro atoms. The number of nitrogens with one attached hydrogen (secondary N) is 1. The Morgan fingerprint density at radius 3 is 2.47 bits per heavy atom. The summed E-state index contributed by atoms with van der Waals surface area (Å²) < 4.78 is 0. The van der Waals surface area contributed by atoms with E-state index in [2.05, 4.69) is 11.4 Å². The molecule has 2 unspecified atom stereocenters. The lowest BCUT2D eigenvalue weighted by Gasteiger charge is -2.31. The summed E-state index contributed by atoms with van der Waals surface area (Å²) >= 11 is 0. The fourth-order valence-corrected chi connectivity index (χ4v) is 2.64. The highest BCUT2D eigenvalue weighted by atomic mass is 16.3. The second-order valence-electron chi connectivity index (χ2n) is 5.25. The van der Waals surface area contributed by atoms with Crippen LogP contribution in [0.1, 0.15) is 18.1 Å². The Kier molecular flexibility index (Phi) is 2.72. The van der Waals surface area contributed by atoms with Gasteiger partial charge in [-0.25, -0.2) is 0 Å². The zero-order chi connectivity index (χ0) is 13.5. The van der Waals surface area contributed by atoms with E-state index in [-0.39, 0.29) is 11.8 Å². The van der Waals surface area contributed by atoms with Crippen LogP contribution in [-0.2, 0) is 12.0 Å². The van der Waals surface area contributed by atoms with Crippen molar-refractivity contribution in [3.8, 4) is 5.75 Å². The molecule has 98 valence electrons. The maximum Gasteiger partial charge on any atom is 0.115 e. The minimum absolute atomic E-state index is 0.0607. The molecular weight excluding hydrogens is 238 g/mol. The number of aromatic hydroxyl groups is 1. The predicted octanol–water partition coefficient (Wildman–Crippen LogP) is 2.64. The fraction of sp³-hybridized carbons (Fsp3) is 0.250. The number of hydrogen-bond acceptors (Lipinski definition) is 3. The van der Waals surface area contributed by atoms with Crippen LogP contribution in [-0.4, -0.2) is 16.3 Å². The average Bonchev–Trinajstić information content (AvgIpc) is 2.83. The van der Waals surface area contributed by atoms with Crippen LogP contribution in [0.2, 0.25) is 0 Å². The van der Waals surface area contributed by atoms with Gasteiger partial charge in [0.2, 0.25) is 0 Å². The van der Waals surface area contributed by atoms with E-state index in [0.717, 1.165) is 17.7 Å². The van der Waals surface area contributed by atoms with Crippen LogP contribution in [0.4, 0.5) is 5.69 Å². The van der Waals surface area contributed by atoms with E-state index >= 15 is 0 Å². The van der Waals surface area contributed by atoms with Crippen molar-refractivity contribution in [2.75, 3.05) is 5.32 Å². The first-order chi connectivity index (χ1) is 9.07. The molecule has 3 N–H and O–H groups in total. The Morgan fingerprint density at radius 1 is 1.11 bits per heavy atom. The zero-order valence-corrected chi connectivity index (χ0v) is 10.8. The molecule has 1 aliphatic rings. The van der Waals surface area contributed by atoms with Gasteiger partial charge in [0.1, 0.15) is 11.4 Å². The fourth-order valence-electron chi connectivity index (χ4n) is 2.64. The molecule has 2 aromatic carbocycles. The minimum atomic E-state index is -0.979. The first kappa shape index (κ1) is 12.1. The monoisotopic (exact) mass is 255 g/mol. The van der Waals surface area contributed by atoms with Gasteiger partial charge in [0, 0.05) is 5.69 Å². The number of fused-ring (bicyclic) bond motifs is 1. The lowest BCUT2D eigenvalue weighted by atomic mass is 9.86. The van der Waals surface area contributed by atoms with Crippen LogP contribution < -0.4 is 5.32 Å². The molecule has 0 aromatic heterocycles. The molecular formula is C16H17NO2. The van der Waals surface area contributed by atoms with Gasteiger partial charge < -0.3 is 15.5 Å². The second kappa shape index (κ2) is 4.28. The SMILES string of the molecule is CC(O)(c1ccc(O)cc1)C1Cc2ccccc2N1. The first-order valence-corrected chi connectivity index (χ1v) is 6.44. The highest BCUT2D eigenvalue weighted by molar-refractivity contribution is 5.57. The quantitative estimate of drug-likeness (QED) is 0.773. The largest absolute Gasteiger partial charge is 0.508 e. The van der Waals surface area contributed by atoms with E-state index in [1.165, 1.54) is 5.56 Å². The second-order valence-corrected chi connectivity index (χ2v) is 5.25. The molecule has 3 rings (SSSR count). The summed E-state index contributed by atoms with van der Waals surface area (Å²) in [5.74, 6) is 0.210. The number of phenolic OH excluding ortho intramolecular Hbond substituents is 1. The summed E-state index contributed by atoms with van der Waals surface area (Å²) in [6, 6.07) is 14.8. The highest BCUT2D eigenvalue weighted by Crippen LogP contribution is 2.35. The van der Waals surface area contributed by atoms with Crippen LogP contribution in [0.5, 0.6) is 5.75 Å². The molecule has 2 atom stereocenters. The summed E-state index contributed by atoms with van der Waals surface area (Å²) in [6.07, 6.45) is 0.796. The minimum Gasteiger partial charge on any atom is -0.508 e. The summed E-state index contributed by atoms with van der Waals surface area (Å²) in [4.78, 5) is 0. The molecule has 0 aliphatic carbocycles. The average molecular weight is 255 g/mol. The van der Waals surface area contributed by atoms with E-state index in [4.69, 9.17) is 0 Å². The number of para-hydroxylation sites is 1. The summed E-state index contributed by atoms with van der Waals surface area (Å²) in [5, 5.41) is 23.5. The zero-order valence-electron chi connectivity index (χ0n) is 10.8. The van der Waals surface area contributed by atoms with Gasteiger partial charge in [0.25, 0.3) is 0 Å². The number of rotatable bonds is 2. The smallest absolute Gasteiger partial charge is 0.115 e. The van der Waals surface area contributed by atoms with Gasteiger partial charge in [-0.1, -0.05) is 30.3 Å². The molecule has 0 bridgehead atoms. The van der Waals surface area contributed by atoms with Crippen LogP contribution in [0.25, 0.3) is 0 Å². The Bertz CT molecular complexity index is 565. The molecule has 0 fully saturated rings. The normalized spacial score (nSPS) is 20.4. The lowest BCUT2D eigenvalue weighted by Crippen LogP contribution is -2.40. The third-order valence-electron chi connectivity index (χ3n) is 3.90. The Morgan fingerprint density at radius 2 is 1.79 bits per heavy atom. The molecule has 19 heavy (non-hydrogen) atoms. The van der Waals surface area contributed by atoms with E-state index in [9.17, 15) is 10.2 Å². The third kappa shape index (κ3) is 2.06. The van der Waals surface area contributed by atoms with Crippen LogP contribution in [0.3, 0.4) is 0 Å². The van der Waals surface area contributed by atoms with Crippen molar-refractivity contribution in [1.29, 1.82) is 0 Å². The van der Waals surface area contributed by atoms with Crippen molar-refractivity contribution in [3.05, 3.63) is 59.7 Å². The van der Waals surface area contributed by atoms with Crippen molar-refractivity contribution in [3.63, 3.8) is 0 Å². The van der Waals surface area contributed by atoms with Gasteiger partial charge in [-0.05, 0) is 42.7 Å². The van der Waals surface area contributed by atoms with E-state index in [1.54, 1.807) is 24.3 Å². The summed E-state index contributed by atoms with van der Waals surface area (Å²) in [7, 11) is 0. The highest BCUT2D eigenvalue weighted by Gasteiger charge is 2.37. The van der Waals surface area contributed by atoms with E-state index < -0.39 is 5.60 Å². The summed E-state index contributed by atoms with van der Waals surface area (Å²) in [5.41, 5.74) is 2.14. The van der Waals surface area contributed by atoms with Crippen LogP contribution in [0.15, 0.2) is 48.5 Å². The predicted molar refractivity (Wildman–Crippen MR) is 75.2 cm³/mol. The molecule has 0 amide bonds. The molecule has 1 aliphatic heterocycles. The number of aliphatic hydroxyl groups is 1. The van der Waals surface area contributed by atoms with Gasteiger partial charge in [0.05, 0.1) is 6.04 Å². The number of phenols is 1. The molecule has 0 saturated carbocycles. The van der Waals surface area contributed by atoms with Crippen molar-refractivity contribution in [2.24, 2.45) is 0 Å². The number of benzene rings is 2. The topological polar surface area (TPSA) is 52.5 Å². The lowest BCUT2D eigenvalue weighted by molar-refractivity contribution is 0.0381. The van der Waals surface area contributed by atoms with Gasteiger partial charge in [-0.15, -0.1) is 0 Å². The Balaban J connectivity index is 1.89. The van der Waals surface area contributed by atoms with Gasteiger partial charge in [-0.2, -0.15) is 0 Å². The van der Waals surface area contributed by atoms with Crippen molar-refractivity contribution in [2.45, 2.75) is 25.0 Å². The Hall–Kier alpha value is -2.00. The van der Waals surface area contributed by atoms with Gasteiger partial charge in [-0.3, -0.25) is 0 Å². The maximum atomic E-state index is 10.8. The molecule has 2 aromatic rings. The molecule has 3 nitrogen and oxygen atoms in total. The molecule has 3 heteroatoms. The van der Waals surface area contributed by atoms with Crippen molar-refractivity contribution >= 4 is 5.69 Å². The first-order valence-electron chi connectivity index (χ1n) is 6.44. The molecule has 1 heterocycles. The van der Waals surface area contributed by atoms with Gasteiger partial charge in [0.15, 0.2) is 0 Å². The number of anilines is 1. The van der Waals surface area contributed by atoms with Crippen molar-refractivity contribution in [1.82, 2.24) is 0 Å². The van der Waals surface area contributed by atoms with E-state index in [0.29, 0.717) is 0 Å². The maximum absolute atomic E-state index is 10.8.